The van der Waals surface area contributed by atoms with Crippen LogP contribution >= 0.6 is 11.3 Å². The Morgan fingerprint density at radius 1 is 1.07 bits per heavy atom. The number of benzene rings is 2. The lowest BCUT2D eigenvalue weighted by atomic mass is 10.1. The molecule has 5 aromatic rings. The maximum atomic E-state index is 13.1. The SMILES string of the molecule is CN(C)Cc1ccc(Nc2ncc3cc(C#CCN(Cc4cccs4)C(=O)c4cnc[nH]c4=O)ccc3n2)cc1. The molecule has 0 radical (unpaired) electrons. The number of hydrogen-bond acceptors (Lipinski definition) is 8. The number of aromatic amines is 1. The highest BCUT2D eigenvalue weighted by Crippen LogP contribution is 2.19. The predicted molar refractivity (Wildman–Crippen MR) is 157 cm³/mol. The van der Waals surface area contributed by atoms with Crippen molar-refractivity contribution in [2.24, 2.45) is 0 Å². The third-order valence-corrected chi connectivity index (χ3v) is 6.82. The van der Waals surface area contributed by atoms with Crippen molar-refractivity contribution >= 4 is 39.8 Å². The van der Waals surface area contributed by atoms with E-state index >= 15 is 0 Å². The summed E-state index contributed by atoms with van der Waals surface area (Å²) < 4.78 is 0. The molecule has 2 aromatic carbocycles. The van der Waals surface area contributed by atoms with Crippen LogP contribution in [0, 0.1) is 11.8 Å². The standard InChI is InChI=1S/C30H27N7O2S/c1-36(2)18-22-7-10-24(11-8-22)34-30-32-16-23-15-21(9-12-27(23)35-30)5-3-13-37(19-25-6-4-14-40-25)29(39)26-17-31-20-33-28(26)38/h4,6-12,14-17,20H,13,18-19H2,1-2H3,(H,31,33,38)(H,32,34,35). The van der Waals surface area contributed by atoms with Gasteiger partial charge in [-0.05, 0) is 61.4 Å². The van der Waals surface area contributed by atoms with Gasteiger partial charge >= 0.3 is 0 Å². The lowest BCUT2D eigenvalue weighted by Gasteiger charge is -2.19. The first-order chi connectivity index (χ1) is 19.4. The van der Waals surface area contributed by atoms with Crippen molar-refractivity contribution in [2.75, 3.05) is 26.0 Å². The number of H-pyrrole nitrogens is 1. The molecule has 5 rings (SSSR count). The number of carbonyl (C=O) groups is 1. The number of carbonyl (C=O) groups excluding carboxylic acids is 1. The van der Waals surface area contributed by atoms with Gasteiger partial charge < -0.3 is 20.1 Å². The zero-order valence-corrected chi connectivity index (χ0v) is 22.9. The number of aromatic nitrogens is 4. The summed E-state index contributed by atoms with van der Waals surface area (Å²) in [5.74, 6) is 6.30. The second kappa shape index (κ2) is 12.3. The lowest BCUT2D eigenvalue weighted by molar-refractivity contribution is 0.0765. The highest BCUT2D eigenvalue weighted by Gasteiger charge is 2.19. The van der Waals surface area contributed by atoms with Gasteiger partial charge in [0.25, 0.3) is 11.5 Å². The van der Waals surface area contributed by atoms with E-state index < -0.39 is 11.5 Å². The summed E-state index contributed by atoms with van der Waals surface area (Å²) in [5.41, 5.74) is 3.22. The monoisotopic (exact) mass is 549 g/mol. The van der Waals surface area contributed by atoms with Crippen LogP contribution in [0.3, 0.4) is 0 Å². The first-order valence-electron chi connectivity index (χ1n) is 12.6. The topological polar surface area (TPSA) is 107 Å². The zero-order chi connectivity index (χ0) is 27.9. The Morgan fingerprint density at radius 3 is 2.67 bits per heavy atom. The Kier molecular flexibility index (Phi) is 8.25. The van der Waals surface area contributed by atoms with Gasteiger partial charge in [-0.25, -0.2) is 15.0 Å². The van der Waals surface area contributed by atoms with Crippen LogP contribution in [0.4, 0.5) is 11.6 Å². The number of thiophene rings is 1. The summed E-state index contributed by atoms with van der Waals surface area (Å²) in [4.78, 5) is 45.4. The molecule has 0 aliphatic heterocycles. The minimum Gasteiger partial charge on any atom is -0.324 e. The van der Waals surface area contributed by atoms with E-state index in [1.165, 1.54) is 29.4 Å². The van der Waals surface area contributed by atoms with E-state index in [2.05, 4.69) is 54.1 Å². The number of anilines is 2. The molecule has 3 heterocycles. The van der Waals surface area contributed by atoms with E-state index in [9.17, 15) is 9.59 Å². The Morgan fingerprint density at radius 2 is 1.93 bits per heavy atom. The van der Waals surface area contributed by atoms with Gasteiger partial charge in [0, 0.05) is 40.5 Å². The van der Waals surface area contributed by atoms with Gasteiger partial charge in [-0.3, -0.25) is 9.59 Å². The predicted octanol–water partition coefficient (Wildman–Crippen LogP) is 4.27. The number of hydrogen-bond donors (Lipinski definition) is 2. The van der Waals surface area contributed by atoms with E-state index in [1.807, 2.05) is 61.9 Å². The third kappa shape index (κ3) is 6.77. The summed E-state index contributed by atoms with van der Waals surface area (Å²) in [6.07, 6.45) is 4.30. The second-order valence-corrected chi connectivity index (χ2v) is 10.4. The fourth-order valence-corrected chi connectivity index (χ4v) is 4.77. The quantitative estimate of drug-likeness (QED) is 0.278. The van der Waals surface area contributed by atoms with E-state index in [0.29, 0.717) is 12.5 Å². The number of nitrogens with zero attached hydrogens (tertiary/aromatic N) is 5. The van der Waals surface area contributed by atoms with Crippen molar-refractivity contribution in [3.8, 4) is 11.8 Å². The Bertz CT molecular complexity index is 1740. The molecule has 0 aliphatic rings. The summed E-state index contributed by atoms with van der Waals surface area (Å²) >= 11 is 1.54. The van der Waals surface area contributed by atoms with Crippen molar-refractivity contribution in [1.29, 1.82) is 0 Å². The van der Waals surface area contributed by atoms with Crippen LogP contribution in [0.15, 0.2) is 83.5 Å². The number of nitrogens with one attached hydrogen (secondary N) is 2. The molecule has 10 heteroatoms. The largest absolute Gasteiger partial charge is 0.324 e. The number of amides is 1. The highest BCUT2D eigenvalue weighted by atomic mass is 32.1. The van der Waals surface area contributed by atoms with E-state index in [1.54, 1.807) is 11.1 Å². The van der Waals surface area contributed by atoms with Crippen molar-refractivity contribution in [1.82, 2.24) is 29.7 Å². The molecule has 200 valence electrons. The molecule has 0 atom stereocenters. The zero-order valence-electron chi connectivity index (χ0n) is 22.1. The summed E-state index contributed by atoms with van der Waals surface area (Å²) in [5, 5.41) is 6.05. The summed E-state index contributed by atoms with van der Waals surface area (Å²) in [6.45, 7) is 1.38. The van der Waals surface area contributed by atoms with Gasteiger partial charge in [-0.2, -0.15) is 0 Å². The van der Waals surface area contributed by atoms with Crippen molar-refractivity contribution in [3.63, 3.8) is 0 Å². The van der Waals surface area contributed by atoms with Gasteiger partial charge in [0.2, 0.25) is 5.95 Å². The Hall–Kier alpha value is -4.85. The van der Waals surface area contributed by atoms with Crippen molar-refractivity contribution in [3.05, 3.63) is 111 Å². The van der Waals surface area contributed by atoms with Crippen molar-refractivity contribution < 1.29 is 4.79 Å². The molecule has 2 N–H and O–H groups in total. The second-order valence-electron chi connectivity index (χ2n) is 9.36. The smallest absolute Gasteiger partial charge is 0.263 e. The van der Waals surface area contributed by atoms with Gasteiger partial charge in [-0.1, -0.05) is 30.0 Å². The first-order valence-corrected chi connectivity index (χ1v) is 13.4. The van der Waals surface area contributed by atoms with Crippen LogP contribution < -0.4 is 10.9 Å². The Balaban J connectivity index is 1.29. The molecule has 0 bridgehead atoms. The summed E-state index contributed by atoms with van der Waals surface area (Å²) in [6, 6.07) is 17.8. The minimum absolute atomic E-state index is 0.0161. The molecular weight excluding hydrogens is 522 g/mol. The fourth-order valence-electron chi connectivity index (χ4n) is 4.05. The van der Waals surface area contributed by atoms with Crippen LogP contribution in [0.5, 0.6) is 0 Å². The molecule has 0 aliphatic carbocycles. The molecule has 40 heavy (non-hydrogen) atoms. The summed E-state index contributed by atoms with van der Waals surface area (Å²) in [7, 11) is 4.09. The van der Waals surface area contributed by atoms with Crippen LogP contribution in [0.25, 0.3) is 10.9 Å². The normalized spacial score (nSPS) is 10.8. The number of rotatable bonds is 8. The van der Waals surface area contributed by atoms with Gasteiger partial charge in [0.1, 0.15) is 5.56 Å². The Labute approximate surface area is 235 Å². The van der Waals surface area contributed by atoms with Crippen LogP contribution in [-0.2, 0) is 13.1 Å². The van der Waals surface area contributed by atoms with E-state index in [-0.39, 0.29) is 12.1 Å². The molecule has 0 unspecified atom stereocenters. The first kappa shape index (κ1) is 26.7. The fraction of sp³-hybridized carbons (Fsp3) is 0.167. The molecule has 0 saturated heterocycles. The molecule has 0 fully saturated rings. The molecular formula is C30H27N7O2S. The third-order valence-electron chi connectivity index (χ3n) is 5.95. The molecule has 9 nitrogen and oxygen atoms in total. The van der Waals surface area contributed by atoms with Crippen LogP contribution in [-0.4, -0.2) is 56.3 Å². The maximum Gasteiger partial charge on any atom is 0.263 e. The van der Waals surface area contributed by atoms with E-state index in [4.69, 9.17) is 0 Å². The average Bonchev–Trinajstić information content (AvgIpc) is 3.46. The van der Waals surface area contributed by atoms with Crippen LogP contribution in [0.2, 0.25) is 0 Å². The molecule has 1 amide bonds. The molecule has 3 aromatic heterocycles. The highest BCUT2D eigenvalue weighted by molar-refractivity contribution is 7.09. The van der Waals surface area contributed by atoms with Gasteiger partial charge in [-0.15, -0.1) is 11.3 Å². The lowest BCUT2D eigenvalue weighted by Crippen LogP contribution is -2.34. The molecule has 0 saturated carbocycles. The molecule has 0 spiro atoms. The van der Waals surface area contributed by atoms with Crippen molar-refractivity contribution in [2.45, 2.75) is 13.1 Å². The van der Waals surface area contributed by atoms with Gasteiger partial charge in [0.05, 0.1) is 24.9 Å². The van der Waals surface area contributed by atoms with Gasteiger partial charge in [0.15, 0.2) is 0 Å². The van der Waals surface area contributed by atoms with E-state index in [0.717, 1.165) is 33.6 Å². The van der Waals surface area contributed by atoms with Crippen LogP contribution in [0.1, 0.15) is 26.4 Å². The number of fused-ring (bicyclic) bond motifs is 1. The average molecular weight is 550 g/mol. The minimum atomic E-state index is -0.478. The maximum absolute atomic E-state index is 13.1.